The van der Waals surface area contributed by atoms with E-state index in [4.69, 9.17) is 0 Å². The van der Waals surface area contributed by atoms with E-state index in [1.54, 1.807) is 0 Å². The first-order valence-corrected chi connectivity index (χ1v) is 7.97. The summed E-state index contributed by atoms with van der Waals surface area (Å²) in [5.74, 6) is 1.77. The average Bonchev–Trinajstić information content (AvgIpc) is 2.49. The Labute approximate surface area is 126 Å². The Bertz CT molecular complexity index is 676. The number of carbonyl (C=O) groups excluding carboxylic acids is 1. The van der Waals surface area contributed by atoms with Crippen molar-refractivity contribution in [3.05, 3.63) is 41.6 Å². The third-order valence-corrected chi connectivity index (χ3v) is 5.14. The molecule has 1 heterocycles. The van der Waals surface area contributed by atoms with Crippen LogP contribution in [0.4, 0.5) is 0 Å². The predicted molar refractivity (Wildman–Crippen MR) is 86.5 cm³/mol. The number of pyridine rings is 1. The summed E-state index contributed by atoms with van der Waals surface area (Å²) in [6.07, 6.45) is 3.18. The molecule has 2 heteroatoms. The highest BCUT2D eigenvalue weighted by atomic mass is 16.1. The topological polar surface area (TPSA) is 30.0 Å². The molecule has 0 amide bonds. The van der Waals surface area contributed by atoms with Crippen molar-refractivity contribution >= 4 is 16.7 Å². The Morgan fingerprint density at radius 3 is 2.67 bits per heavy atom. The highest BCUT2D eigenvalue weighted by Crippen LogP contribution is 2.35. The van der Waals surface area contributed by atoms with Gasteiger partial charge in [-0.2, -0.15) is 0 Å². The molecule has 1 aromatic carbocycles. The lowest BCUT2D eigenvalue weighted by molar-refractivity contribution is 0.0832. The zero-order chi connectivity index (χ0) is 15.0. The highest BCUT2D eigenvalue weighted by Gasteiger charge is 2.30. The normalized spacial score (nSPS) is 26.0. The molecule has 110 valence electrons. The van der Waals surface area contributed by atoms with Crippen molar-refractivity contribution < 1.29 is 4.79 Å². The number of hydrogen-bond donors (Lipinski definition) is 0. The van der Waals surface area contributed by atoms with Crippen LogP contribution in [0.1, 0.15) is 49.2 Å². The first-order valence-electron chi connectivity index (χ1n) is 7.97. The van der Waals surface area contributed by atoms with E-state index in [1.807, 2.05) is 24.3 Å². The summed E-state index contributed by atoms with van der Waals surface area (Å²) in [7, 11) is 0. The smallest absolute Gasteiger partial charge is 0.184 e. The molecule has 21 heavy (non-hydrogen) atoms. The van der Waals surface area contributed by atoms with Crippen molar-refractivity contribution in [1.82, 2.24) is 4.98 Å². The molecule has 3 atom stereocenters. The third-order valence-electron chi connectivity index (χ3n) is 5.14. The molecule has 0 saturated heterocycles. The number of nitrogens with zero attached hydrogens (tertiary/aromatic N) is 1. The summed E-state index contributed by atoms with van der Waals surface area (Å²) in [5, 5.41) is 1.14. The molecule has 0 spiro atoms. The Morgan fingerprint density at radius 1 is 1.14 bits per heavy atom. The second-order valence-corrected chi connectivity index (χ2v) is 6.67. The lowest BCUT2D eigenvalue weighted by Gasteiger charge is -2.31. The maximum absolute atomic E-state index is 12.8. The van der Waals surface area contributed by atoms with Crippen LogP contribution in [0.5, 0.6) is 0 Å². The van der Waals surface area contributed by atoms with Crippen LogP contribution in [0, 0.1) is 24.7 Å². The van der Waals surface area contributed by atoms with Crippen LogP contribution in [-0.4, -0.2) is 10.8 Å². The molecular weight excluding hydrogens is 258 g/mol. The van der Waals surface area contributed by atoms with E-state index in [1.165, 1.54) is 0 Å². The van der Waals surface area contributed by atoms with E-state index in [0.29, 0.717) is 11.6 Å². The van der Waals surface area contributed by atoms with Gasteiger partial charge in [-0.25, -0.2) is 4.98 Å². The van der Waals surface area contributed by atoms with Gasteiger partial charge in [-0.05, 0) is 55.7 Å². The lowest BCUT2D eigenvalue weighted by atomic mass is 9.74. The Kier molecular flexibility index (Phi) is 3.79. The molecule has 1 aliphatic carbocycles. The molecule has 2 aromatic rings. The first kappa shape index (κ1) is 14.2. The van der Waals surface area contributed by atoms with Gasteiger partial charge in [0.1, 0.15) is 5.69 Å². The molecule has 0 radical (unpaired) electrons. The Balaban J connectivity index is 1.91. The van der Waals surface area contributed by atoms with E-state index in [9.17, 15) is 4.79 Å². The fourth-order valence-electron chi connectivity index (χ4n) is 3.47. The molecule has 1 saturated carbocycles. The highest BCUT2D eigenvalue weighted by molar-refractivity contribution is 5.98. The number of carbonyl (C=O) groups is 1. The number of fused-ring (bicyclic) bond motifs is 1. The van der Waals surface area contributed by atoms with Crippen LogP contribution in [-0.2, 0) is 0 Å². The van der Waals surface area contributed by atoms with Crippen LogP contribution in [0.2, 0.25) is 0 Å². The number of Topliss-reactive ketones (excluding diaryl/α,β-unsaturated/α-hetero) is 1. The van der Waals surface area contributed by atoms with Crippen molar-refractivity contribution in [2.75, 3.05) is 0 Å². The molecule has 0 aliphatic heterocycles. The van der Waals surface area contributed by atoms with Gasteiger partial charge in [-0.3, -0.25) is 4.79 Å². The van der Waals surface area contributed by atoms with Gasteiger partial charge in [-0.1, -0.05) is 32.0 Å². The number of para-hydroxylation sites is 1. The summed E-state index contributed by atoms with van der Waals surface area (Å²) in [6, 6.07) is 10.0. The predicted octanol–water partition coefficient (Wildman–Crippen LogP) is 4.80. The quantitative estimate of drug-likeness (QED) is 0.740. The summed E-state index contributed by atoms with van der Waals surface area (Å²) < 4.78 is 0. The van der Waals surface area contributed by atoms with E-state index in [-0.39, 0.29) is 11.7 Å². The molecular formula is C19H23NO. The molecule has 0 N–H and O–H groups in total. The first-order chi connectivity index (χ1) is 10.1. The second kappa shape index (κ2) is 5.59. The van der Waals surface area contributed by atoms with Gasteiger partial charge in [0.2, 0.25) is 0 Å². The summed E-state index contributed by atoms with van der Waals surface area (Å²) in [6.45, 7) is 6.62. The van der Waals surface area contributed by atoms with Gasteiger partial charge in [0, 0.05) is 11.3 Å². The monoisotopic (exact) mass is 281 g/mol. The standard InChI is InChI=1S/C19H23NO/c1-12-8-9-15(10-13(12)2)19(21)18-11-14(3)16-6-4-5-7-17(16)20-18/h4-7,11-13,15H,8-10H2,1-3H3. The third kappa shape index (κ3) is 2.72. The van der Waals surface area contributed by atoms with Gasteiger partial charge in [0.25, 0.3) is 0 Å². The fraction of sp³-hybridized carbons (Fsp3) is 0.474. The number of aryl methyl sites for hydroxylation is 1. The molecule has 2 nitrogen and oxygen atoms in total. The molecule has 3 rings (SSSR count). The van der Waals surface area contributed by atoms with Gasteiger partial charge in [0.05, 0.1) is 5.52 Å². The Morgan fingerprint density at radius 2 is 1.90 bits per heavy atom. The maximum atomic E-state index is 12.8. The summed E-state index contributed by atoms with van der Waals surface area (Å²) in [4.78, 5) is 17.4. The summed E-state index contributed by atoms with van der Waals surface area (Å²) >= 11 is 0. The zero-order valence-electron chi connectivity index (χ0n) is 13.1. The van der Waals surface area contributed by atoms with E-state index < -0.39 is 0 Å². The molecule has 3 unspecified atom stereocenters. The number of benzene rings is 1. The van der Waals surface area contributed by atoms with Crippen LogP contribution in [0.25, 0.3) is 10.9 Å². The Hall–Kier alpha value is -1.70. The van der Waals surface area contributed by atoms with Crippen molar-refractivity contribution in [3.63, 3.8) is 0 Å². The van der Waals surface area contributed by atoms with Crippen LogP contribution < -0.4 is 0 Å². The van der Waals surface area contributed by atoms with Gasteiger partial charge < -0.3 is 0 Å². The average molecular weight is 281 g/mol. The molecule has 1 fully saturated rings. The summed E-state index contributed by atoms with van der Waals surface area (Å²) in [5.41, 5.74) is 2.72. The van der Waals surface area contributed by atoms with Crippen LogP contribution in [0.3, 0.4) is 0 Å². The van der Waals surface area contributed by atoms with Gasteiger partial charge in [-0.15, -0.1) is 0 Å². The van der Waals surface area contributed by atoms with Crippen molar-refractivity contribution in [2.45, 2.75) is 40.0 Å². The maximum Gasteiger partial charge on any atom is 0.184 e. The van der Waals surface area contributed by atoms with E-state index in [2.05, 4.69) is 31.8 Å². The zero-order valence-corrected chi connectivity index (χ0v) is 13.1. The number of ketones is 1. The van der Waals surface area contributed by atoms with Crippen LogP contribution in [0.15, 0.2) is 30.3 Å². The van der Waals surface area contributed by atoms with Gasteiger partial charge >= 0.3 is 0 Å². The van der Waals surface area contributed by atoms with Crippen molar-refractivity contribution in [1.29, 1.82) is 0 Å². The van der Waals surface area contributed by atoms with Crippen molar-refractivity contribution in [3.8, 4) is 0 Å². The van der Waals surface area contributed by atoms with Crippen molar-refractivity contribution in [2.24, 2.45) is 17.8 Å². The largest absolute Gasteiger partial charge is 0.292 e. The molecule has 1 aliphatic rings. The van der Waals surface area contributed by atoms with Crippen LogP contribution >= 0.6 is 0 Å². The molecule has 1 aromatic heterocycles. The SMILES string of the molecule is Cc1cc(C(=O)C2CCC(C)C(C)C2)nc2ccccc12. The number of aromatic nitrogens is 1. The fourth-order valence-corrected chi connectivity index (χ4v) is 3.47. The minimum absolute atomic E-state index is 0.157. The number of hydrogen-bond acceptors (Lipinski definition) is 2. The number of rotatable bonds is 2. The minimum atomic E-state index is 0.157. The second-order valence-electron chi connectivity index (χ2n) is 6.67. The van der Waals surface area contributed by atoms with E-state index >= 15 is 0 Å². The van der Waals surface area contributed by atoms with Gasteiger partial charge in [0.15, 0.2) is 5.78 Å². The van der Waals surface area contributed by atoms with E-state index in [0.717, 1.165) is 41.6 Å². The lowest BCUT2D eigenvalue weighted by Crippen LogP contribution is -2.27. The minimum Gasteiger partial charge on any atom is -0.292 e. The molecule has 0 bridgehead atoms.